The zero-order valence-corrected chi connectivity index (χ0v) is 16.6. The molecule has 1 heterocycles. The number of rotatable bonds is 6. The van der Waals surface area contributed by atoms with E-state index in [9.17, 15) is 9.18 Å². The quantitative estimate of drug-likeness (QED) is 0.589. The van der Waals surface area contributed by atoms with Crippen LogP contribution in [0.2, 0.25) is 0 Å². The van der Waals surface area contributed by atoms with Crippen LogP contribution in [0.25, 0.3) is 10.9 Å². The first-order valence-electron chi connectivity index (χ1n) is 9.12. The van der Waals surface area contributed by atoms with Crippen molar-refractivity contribution in [3.63, 3.8) is 0 Å². The summed E-state index contributed by atoms with van der Waals surface area (Å²) in [5.74, 6) is 0.344. The smallest absolute Gasteiger partial charge is 0.254 e. The van der Waals surface area contributed by atoms with Gasteiger partial charge in [-0.1, -0.05) is 38.1 Å². The van der Waals surface area contributed by atoms with Crippen molar-refractivity contribution in [2.75, 3.05) is 5.75 Å². The first kappa shape index (κ1) is 19.4. The molecule has 0 aliphatic rings. The molecule has 1 amide bonds. The maximum absolute atomic E-state index is 13.4. The minimum atomic E-state index is -0.306. The van der Waals surface area contributed by atoms with Crippen molar-refractivity contribution in [2.45, 2.75) is 38.8 Å². The maximum atomic E-state index is 13.4. The molecule has 3 nitrogen and oxygen atoms in total. The number of carbonyl (C=O) groups is 1. The van der Waals surface area contributed by atoms with Crippen LogP contribution in [0.1, 0.15) is 40.9 Å². The van der Waals surface area contributed by atoms with Gasteiger partial charge in [-0.3, -0.25) is 4.79 Å². The third-order valence-corrected chi connectivity index (χ3v) is 5.39. The standard InChI is InChI=1S/C22H23FN2OS/c1-4-15-9-10-18-14(3)20(22(27-5-2)25-19(18)12-15)21(26)24-13-16-7-6-8-17(23)11-16/h6-12H,4-5,13H2,1-3H3,(H,24,26). The van der Waals surface area contributed by atoms with E-state index in [1.807, 2.05) is 19.9 Å². The van der Waals surface area contributed by atoms with Gasteiger partial charge in [0.05, 0.1) is 11.1 Å². The Kier molecular flexibility index (Phi) is 6.11. The molecule has 140 valence electrons. The Morgan fingerprint density at radius 2 is 1.96 bits per heavy atom. The molecule has 0 fully saturated rings. The van der Waals surface area contributed by atoms with Gasteiger partial charge in [0.25, 0.3) is 5.91 Å². The minimum Gasteiger partial charge on any atom is -0.348 e. The fourth-order valence-corrected chi connectivity index (χ4v) is 3.92. The van der Waals surface area contributed by atoms with Gasteiger partial charge in [-0.15, -0.1) is 11.8 Å². The zero-order chi connectivity index (χ0) is 19.4. The average molecular weight is 383 g/mol. The highest BCUT2D eigenvalue weighted by Crippen LogP contribution is 2.30. The van der Waals surface area contributed by atoms with Crippen molar-refractivity contribution in [1.82, 2.24) is 10.3 Å². The summed E-state index contributed by atoms with van der Waals surface area (Å²) in [4.78, 5) is 17.7. The molecule has 0 atom stereocenters. The molecule has 3 rings (SSSR count). The number of aromatic nitrogens is 1. The van der Waals surface area contributed by atoms with Crippen molar-refractivity contribution < 1.29 is 9.18 Å². The summed E-state index contributed by atoms with van der Waals surface area (Å²) in [5.41, 5.74) is 4.41. The predicted molar refractivity (Wildman–Crippen MR) is 110 cm³/mol. The number of pyridine rings is 1. The SMILES string of the molecule is CCSc1nc2cc(CC)ccc2c(C)c1C(=O)NCc1cccc(F)c1. The van der Waals surface area contributed by atoms with Crippen LogP contribution in [0.3, 0.4) is 0 Å². The molecule has 0 bridgehead atoms. The summed E-state index contributed by atoms with van der Waals surface area (Å²) in [7, 11) is 0. The van der Waals surface area contributed by atoms with E-state index in [0.29, 0.717) is 5.56 Å². The second-order valence-electron chi connectivity index (χ2n) is 6.37. The van der Waals surface area contributed by atoms with Crippen LogP contribution in [0.4, 0.5) is 4.39 Å². The van der Waals surface area contributed by atoms with Crippen LogP contribution >= 0.6 is 11.8 Å². The summed E-state index contributed by atoms with van der Waals surface area (Å²) in [5, 5.41) is 4.64. The van der Waals surface area contributed by atoms with Crippen LogP contribution in [0.15, 0.2) is 47.5 Å². The largest absolute Gasteiger partial charge is 0.348 e. The van der Waals surface area contributed by atoms with E-state index in [1.165, 1.54) is 17.7 Å². The van der Waals surface area contributed by atoms with Gasteiger partial charge in [-0.2, -0.15) is 0 Å². The van der Waals surface area contributed by atoms with E-state index >= 15 is 0 Å². The number of aryl methyl sites for hydroxylation is 2. The molecule has 0 saturated heterocycles. The number of amides is 1. The normalized spacial score (nSPS) is 11.0. The zero-order valence-electron chi connectivity index (χ0n) is 15.8. The highest BCUT2D eigenvalue weighted by atomic mass is 32.2. The van der Waals surface area contributed by atoms with Crippen molar-refractivity contribution in [3.8, 4) is 0 Å². The molecular formula is C22H23FN2OS. The van der Waals surface area contributed by atoms with Crippen LogP contribution in [0.5, 0.6) is 0 Å². The molecule has 0 aliphatic heterocycles. The van der Waals surface area contributed by atoms with Crippen molar-refractivity contribution in [1.29, 1.82) is 0 Å². The number of fused-ring (bicyclic) bond motifs is 1. The van der Waals surface area contributed by atoms with Crippen LogP contribution in [-0.4, -0.2) is 16.6 Å². The van der Waals surface area contributed by atoms with E-state index < -0.39 is 0 Å². The Bertz CT molecular complexity index is 987. The Morgan fingerprint density at radius 3 is 2.67 bits per heavy atom. The lowest BCUT2D eigenvalue weighted by molar-refractivity contribution is 0.0947. The third kappa shape index (κ3) is 4.30. The summed E-state index contributed by atoms with van der Waals surface area (Å²) in [6.45, 7) is 6.40. The number of nitrogens with one attached hydrogen (secondary N) is 1. The maximum Gasteiger partial charge on any atom is 0.254 e. The van der Waals surface area contributed by atoms with Crippen LogP contribution in [-0.2, 0) is 13.0 Å². The van der Waals surface area contributed by atoms with E-state index in [1.54, 1.807) is 23.9 Å². The lowest BCUT2D eigenvalue weighted by Gasteiger charge is -2.15. The fraction of sp³-hybridized carbons (Fsp3) is 0.273. The fourth-order valence-electron chi connectivity index (χ4n) is 3.09. The molecular weight excluding hydrogens is 359 g/mol. The Balaban J connectivity index is 1.96. The predicted octanol–water partition coefficient (Wildman–Crippen LogP) is 5.29. The summed E-state index contributed by atoms with van der Waals surface area (Å²) in [6.07, 6.45) is 0.947. The van der Waals surface area contributed by atoms with Crippen molar-refractivity contribution in [3.05, 3.63) is 70.5 Å². The van der Waals surface area contributed by atoms with Crippen LogP contribution in [0, 0.1) is 12.7 Å². The highest BCUT2D eigenvalue weighted by molar-refractivity contribution is 7.99. The van der Waals surface area contributed by atoms with Gasteiger partial charge in [0.15, 0.2) is 0 Å². The minimum absolute atomic E-state index is 0.179. The summed E-state index contributed by atoms with van der Waals surface area (Å²) in [6, 6.07) is 12.5. The van der Waals surface area contributed by atoms with Gasteiger partial charge in [-0.05, 0) is 54.0 Å². The van der Waals surface area contributed by atoms with E-state index in [4.69, 9.17) is 4.98 Å². The highest BCUT2D eigenvalue weighted by Gasteiger charge is 2.19. The number of hydrogen-bond donors (Lipinski definition) is 1. The van der Waals surface area contributed by atoms with Crippen LogP contribution < -0.4 is 5.32 Å². The summed E-state index contributed by atoms with van der Waals surface area (Å²) < 4.78 is 13.4. The van der Waals surface area contributed by atoms with Gasteiger partial charge >= 0.3 is 0 Å². The topological polar surface area (TPSA) is 42.0 Å². The second kappa shape index (κ2) is 8.53. The lowest BCUT2D eigenvalue weighted by Crippen LogP contribution is -2.25. The van der Waals surface area contributed by atoms with Gasteiger partial charge in [0, 0.05) is 11.9 Å². The Labute approximate surface area is 163 Å². The van der Waals surface area contributed by atoms with Crippen molar-refractivity contribution >= 4 is 28.6 Å². The molecule has 0 spiro atoms. The van der Waals surface area contributed by atoms with E-state index in [2.05, 4.69) is 24.4 Å². The second-order valence-corrected chi connectivity index (χ2v) is 7.62. The average Bonchev–Trinajstić information content (AvgIpc) is 2.66. The Morgan fingerprint density at radius 1 is 1.15 bits per heavy atom. The number of benzene rings is 2. The monoisotopic (exact) mass is 382 g/mol. The van der Waals surface area contributed by atoms with E-state index in [0.717, 1.165) is 39.2 Å². The third-order valence-electron chi connectivity index (χ3n) is 4.54. The molecule has 1 aromatic heterocycles. The van der Waals surface area contributed by atoms with Gasteiger partial charge in [0.1, 0.15) is 10.8 Å². The first-order valence-corrected chi connectivity index (χ1v) is 10.1. The van der Waals surface area contributed by atoms with Gasteiger partial charge in [0.2, 0.25) is 0 Å². The first-order chi connectivity index (χ1) is 13.0. The molecule has 1 N–H and O–H groups in total. The summed E-state index contributed by atoms with van der Waals surface area (Å²) >= 11 is 1.56. The molecule has 0 unspecified atom stereocenters. The number of hydrogen-bond acceptors (Lipinski definition) is 3. The van der Waals surface area contributed by atoms with Gasteiger partial charge < -0.3 is 5.32 Å². The molecule has 0 radical (unpaired) electrons. The molecule has 27 heavy (non-hydrogen) atoms. The molecule has 3 aromatic rings. The van der Waals surface area contributed by atoms with E-state index in [-0.39, 0.29) is 18.3 Å². The lowest BCUT2D eigenvalue weighted by atomic mass is 10.0. The molecule has 5 heteroatoms. The van der Waals surface area contributed by atoms with Gasteiger partial charge in [-0.25, -0.2) is 9.37 Å². The number of carbonyl (C=O) groups excluding carboxylic acids is 1. The number of halogens is 1. The number of nitrogens with zero attached hydrogens (tertiary/aromatic N) is 1. The Hall–Kier alpha value is -2.40. The van der Waals surface area contributed by atoms with Crippen molar-refractivity contribution in [2.24, 2.45) is 0 Å². The number of thioether (sulfide) groups is 1. The molecule has 2 aromatic carbocycles. The molecule has 0 aliphatic carbocycles. The molecule has 0 saturated carbocycles.